The van der Waals surface area contributed by atoms with Crippen LogP contribution in [0.5, 0.6) is 0 Å². The van der Waals surface area contributed by atoms with Gasteiger partial charge < -0.3 is 10.4 Å². The Morgan fingerprint density at radius 2 is 1.76 bits per heavy atom. The molecule has 0 unspecified atom stereocenters. The number of carbonyl (C=O) groups is 1. The lowest BCUT2D eigenvalue weighted by atomic mass is 9.86. The average molecular weight is 291 g/mol. The van der Waals surface area contributed by atoms with E-state index >= 15 is 0 Å². The standard InChI is InChI=1S/C18H29NO2/c1-13(2)12-16(17(20)21)19-11-10-14-6-8-15(9-7-14)18(3,4)5/h6-9,13,16,19H,10-12H2,1-5H3,(H,20,21)/t16-/m1/s1. The van der Waals surface area contributed by atoms with E-state index in [-0.39, 0.29) is 5.41 Å². The Hall–Kier alpha value is -1.35. The number of hydrogen-bond acceptors (Lipinski definition) is 2. The summed E-state index contributed by atoms with van der Waals surface area (Å²) in [5, 5.41) is 12.3. The lowest BCUT2D eigenvalue weighted by Crippen LogP contribution is -2.38. The van der Waals surface area contributed by atoms with Crippen molar-refractivity contribution in [2.75, 3.05) is 6.54 Å². The zero-order chi connectivity index (χ0) is 16.0. The normalized spacial score (nSPS) is 13.4. The van der Waals surface area contributed by atoms with Crippen molar-refractivity contribution in [3.05, 3.63) is 35.4 Å². The van der Waals surface area contributed by atoms with Crippen LogP contribution < -0.4 is 5.32 Å². The molecule has 0 aromatic heterocycles. The largest absolute Gasteiger partial charge is 0.480 e. The molecular formula is C18H29NO2. The number of rotatable bonds is 7. The molecule has 0 radical (unpaired) electrons. The molecule has 0 fully saturated rings. The lowest BCUT2D eigenvalue weighted by Gasteiger charge is -2.19. The highest BCUT2D eigenvalue weighted by atomic mass is 16.4. The fourth-order valence-corrected chi connectivity index (χ4v) is 2.31. The number of carboxylic acid groups (broad SMARTS) is 1. The van der Waals surface area contributed by atoms with E-state index in [9.17, 15) is 9.90 Å². The summed E-state index contributed by atoms with van der Waals surface area (Å²) in [6.07, 6.45) is 1.52. The molecular weight excluding hydrogens is 262 g/mol. The molecule has 21 heavy (non-hydrogen) atoms. The monoisotopic (exact) mass is 291 g/mol. The third kappa shape index (κ3) is 6.30. The minimum Gasteiger partial charge on any atom is -0.480 e. The maximum Gasteiger partial charge on any atom is 0.320 e. The van der Waals surface area contributed by atoms with Crippen LogP contribution in [0.1, 0.15) is 52.2 Å². The zero-order valence-corrected chi connectivity index (χ0v) is 13.9. The van der Waals surface area contributed by atoms with Crippen LogP contribution in [0.4, 0.5) is 0 Å². The molecule has 0 saturated heterocycles. The van der Waals surface area contributed by atoms with Crippen molar-refractivity contribution in [1.29, 1.82) is 0 Å². The molecule has 0 amide bonds. The fraction of sp³-hybridized carbons (Fsp3) is 0.611. The Kier molecular flexibility index (Phi) is 6.41. The lowest BCUT2D eigenvalue weighted by molar-refractivity contribution is -0.139. The van der Waals surface area contributed by atoms with Gasteiger partial charge in [0.15, 0.2) is 0 Å². The van der Waals surface area contributed by atoms with Gasteiger partial charge in [-0.25, -0.2) is 0 Å². The molecule has 3 nitrogen and oxygen atoms in total. The van der Waals surface area contributed by atoms with Crippen LogP contribution in [-0.2, 0) is 16.6 Å². The molecule has 0 aliphatic rings. The number of aliphatic carboxylic acids is 1. The molecule has 0 bridgehead atoms. The molecule has 118 valence electrons. The summed E-state index contributed by atoms with van der Waals surface area (Å²) < 4.78 is 0. The number of nitrogens with one attached hydrogen (secondary N) is 1. The third-order valence-electron chi connectivity index (χ3n) is 3.63. The molecule has 1 atom stereocenters. The number of hydrogen-bond donors (Lipinski definition) is 2. The van der Waals surface area contributed by atoms with E-state index in [1.807, 2.05) is 13.8 Å². The van der Waals surface area contributed by atoms with Crippen molar-refractivity contribution in [3.63, 3.8) is 0 Å². The topological polar surface area (TPSA) is 49.3 Å². The van der Waals surface area contributed by atoms with Gasteiger partial charge in [-0.15, -0.1) is 0 Å². The van der Waals surface area contributed by atoms with Crippen molar-refractivity contribution in [3.8, 4) is 0 Å². The van der Waals surface area contributed by atoms with Crippen LogP contribution in [0.15, 0.2) is 24.3 Å². The summed E-state index contributed by atoms with van der Waals surface area (Å²) >= 11 is 0. The average Bonchev–Trinajstić information content (AvgIpc) is 2.36. The first kappa shape index (κ1) is 17.7. The van der Waals surface area contributed by atoms with Crippen LogP contribution in [-0.4, -0.2) is 23.7 Å². The Labute approximate surface area is 128 Å². The highest BCUT2D eigenvalue weighted by Gasteiger charge is 2.17. The highest BCUT2D eigenvalue weighted by molar-refractivity contribution is 5.73. The zero-order valence-electron chi connectivity index (χ0n) is 13.9. The van der Waals surface area contributed by atoms with Gasteiger partial charge in [0.2, 0.25) is 0 Å². The quantitative estimate of drug-likeness (QED) is 0.806. The number of benzene rings is 1. The van der Waals surface area contributed by atoms with Gasteiger partial charge in [-0.05, 0) is 41.8 Å². The van der Waals surface area contributed by atoms with E-state index in [4.69, 9.17) is 0 Å². The van der Waals surface area contributed by atoms with Gasteiger partial charge in [0, 0.05) is 0 Å². The predicted octanol–water partition coefficient (Wildman–Crippen LogP) is 3.62. The molecule has 1 aromatic carbocycles. The molecule has 0 aliphatic heterocycles. The van der Waals surface area contributed by atoms with Gasteiger partial charge in [0.1, 0.15) is 6.04 Å². The molecule has 0 spiro atoms. The van der Waals surface area contributed by atoms with Crippen LogP contribution in [0.3, 0.4) is 0 Å². The van der Waals surface area contributed by atoms with Gasteiger partial charge in [0.25, 0.3) is 0 Å². The highest BCUT2D eigenvalue weighted by Crippen LogP contribution is 2.22. The molecule has 1 aromatic rings. The van der Waals surface area contributed by atoms with Crippen LogP contribution in [0.2, 0.25) is 0 Å². The first-order chi connectivity index (χ1) is 9.70. The SMILES string of the molecule is CC(C)C[C@@H](NCCc1ccc(C(C)(C)C)cc1)C(=O)O. The van der Waals surface area contributed by atoms with E-state index in [1.165, 1.54) is 11.1 Å². The maximum atomic E-state index is 11.2. The van der Waals surface area contributed by atoms with E-state index in [0.29, 0.717) is 18.9 Å². The predicted molar refractivity (Wildman–Crippen MR) is 87.7 cm³/mol. The minimum atomic E-state index is -0.758. The van der Waals surface area contributed by atoms with Crippen LogP contribution >= 0.6 is 0 Å². The molecule has 1 rings (SSSR count). The van der Waals surface area contributed by atoms with Gasteiger partial charge in [-0.1, -0.05) is 58.9 Å². The smallest absolute Gasteiger partial charge is 0.320 e. The van der Waals surface area contributed by atoms with E-state index in [0.717, 1.165) is 6.42 Å². The summed E-state index contributed by atoms with van der Waals surface area (Å²) in [5.41, 5.74) is 2.73. The second kappa shape index (κ2) is 7.60. The summed E-state index contributed by atoms with van der Waals surface area (Å²) in [5.74, 6) is -0.378. The van der Waals surface area contributed by atoms with Crippen molar-refractivity contribution in [2.45, 2.75) is 58.9 Å². The summed E-state index contributed by atoms with van der Waals surface area (Å²) in [6.45, 7) is 11.4. The Morgan fingerprint density at radius 1 is 1.19 bits per heavy atom. The van der Waals surface area contributed by atoms with Gasteiger partial charge >= 0.3 is 5.97 Å². The summed E-state index contributed by atoms with van der Waals surface area (Å²) in [6, 6.07) is 8.16. The van der Waals surface area contributed by atoms with Crippen molar-refractivity contribution >= 4 is 5.97 Å². The van der Waals surface area contributed by atoms with Gasteiger partial charge in [0.05, 0.1) is 0 Å². The Balaban J connectivity index is 2.50. The maximum absolute atomic E-state index is 11.2. The van der Waals surface area contributed by atoms with Gasteiger partial charge in [-0.3, -0.25) is 4.79 Å². The van der Waals surface area contributed by atoms with Crippen LogP contribution in [0, 0.1) is 5.92 Å². The molecule has 0 aliphatic carbocycles. The molecule has 0 heterocycles. The first-order valence-corrected chi connectivity index (χ1v) is 7.75. The Morgan fingerprint density at radius 3 is 2.19 bits per heavy atom. The molecule has 0 saturated carbocycles. The van der Waals surface area contributed by atoms with E-state index in [1.54, 1.807) is 0 Å². The van der Waals surface area contributed by atoms with E-state index < -0.39 is 12.0 Å². The Bertz CT molecular complexity index is 443. The van der Waals surface area contributed by atoms with Crippen molar-refractivity contribution in [2.24, 2.45) is 5.92 Å². The first-order valence-electron chi connectivity index (χ1n) is 7.75. The second-order valence-electron chi connectivity index (χ2n) is 7.17. The minimum absolute atomic E-state index is 0.169. The fourth-order valence-electron chi connectivity index (χ4n) is 2.31. The molecule has 3 heteroatoms. The molecule has 2 N–H and O–H groups in total. The third-order valence-corrected chi connectivity index (χ3v) is 3.63. The van der Waals surface area contributed by atoms with Gasteiger partial charge in [-0.2, -0.15) is 0 Å². The van der Waals surface area contributed by atoms with E-state index in [2.05, 4.69) is 50.4 Å². The number of carboxylic acids is 1. The van der Waals surface area contributed by atoms with Crippen molar-refractivity contribution in [1.82, 2.24) is 5.32 Å². The van der Waals surface area contributed by atoms with Crippen LogP contribution in [0.25, 0.3) is 0 Å². The van der Waals surface area contributed by atoms with Crippen molar-refractivity contribution < 1.29 is 9.90 Å². The summed E-state index contributed by atoms with van der Waals surface area (Å²) in [4.78, 5) is 11.2. The summed E-state index contributed by atoms with van der Waals surface area (Å²) in [7, 11) is 0. The second-order valence-corrected chi connectivity index (χ2v) is 7.17.